The first kappa shape index (κ1) is 10.8. The van der Waals surface area contributed by atoms with Gasteiger partial charge in [0.2, 0.25) is 0 Å². The molecule has 0 saturated carbocycles. The quantitative estimate of drug-likeness (QED) is 0.737. The Morgan fingerprint density at radius 2 is 2.29 bits per heavy atom. The molecule has 88 valence electrons. The molecule has 1 heterocycles. The van der Waals surface area contributed by atoms with Crippen LogP contribution in [0.25, 0.3) is 0 Å². The second-order valence-electron chi connectivity index (χ2n) is 5.70. The van der Waals surface area contributed by atoms with Gasteiger partial charge in [0.1, 0.15) is 0 Å². The zero-order valence-corrected chi connectivity index (χ0v) is 10.5. The van der Waals surface area contributed by atoms with Gasteiger partial charge >= 0.3 is 0 Å². The van der Waals surface area contributed by atoms with Gasteiger partial charge in [0, 0.05) is 6.04 Å². The summed E-state index contributed by atoms with van der Waals surface area (Å²) >= 11 is 0. The number of hydrogen-bond acceptors (Lipinski definition) is 2. The monoisotopic (exact) mass is 226 g/mol. The van der Waals surface area contributed by atoms with Gasteiger partial charge in [-0.15, -0.1) is 0 Å². The molecule has 1 unspecified atom stereocenters. The van der Waals surface area contributed by atoms with Crippen molar-refractivity contribution in [3.63, 3.8) is 0 Å². The maximum absolute atomic E-state index is 9.05. The highest BCUT2D eigenvalue weighted by Gasteiger charge is 2.45. The molecule has 2 aliphatic rings. The summed E-state index contributed by atoms with van der Waals surface area (Å²) in [4.78, 5) is 0. The summed E-state index contributed by atoms with van der Waals surface area (Å²) in [7, 11) is 0. The van der Waals surface area contributed by atoms with Crippen LogP contribution < -0.4 is 5.32 Å². The molecule has 3 atom stereocenters. The van der Waals surface area contributed by atoms with Gasteiger partial charge in [-0.1, -0.05) is 19.9 Å². The normalized spacial score (nSPS) is 34.9. The number of nitrogens with one attached hydrogen (secondary N) is 1. The molecule has 0 spiro atoms. The lowest BCUT2D eigenvalue weighted by Gasteiger charge is -2.50. The fraction of sp³-hybridized carbons (Fsp3) is 0.533. The number of nitriles is 1. The number of nitrogens with zero attached hydrogens (tertiary/aromatic N) is 1. The molecule has 17 heavy (non-hydrogen) atoms. The minimum atomic E-state index is 0.246. The first-order valence-electron chi connectivity index (χ1n) is 6.42. The van der Waals surface area contributed by atoms with Gasteiger partial charge in [-0.05, 0) is 54.0 Å². The Labute approximate surface area is 103 Å². The molecule has 1 fully saturated rings. The van der Waals surface area contributed by atoms with Crippen molar-refractivity contribution in [3.05, 3.63) is 34.9 Å². The Balaban J connectivity index is 2.18. The Hall–Kier alpha value is -1.33. The Kier molecular flexibility index (Phi) is 2.27. The van der Waals surface area contributed by atoms with E-state index in [1.54, 1.807) is 0 Å². The molecule has 2 nitrogen and oxygen atoms in total. The van der Waals surface area contributed by atoms with Crippen molar-refractivity contribution in [1.29, 1.82) is 5.26 Å². The molecule has 2 heteroatoms. The van der Waals surface area contributed by atoms with Gasteiger partial charge in [0.15, 0.2) is 0 Å². The van der Waals surface area contributed by atoms with Gasteiger partial charge in [0.05, 0.1) is 11.6 Å². The zero-order valence-electron chi connectivity index (χ0n) is 10.5. The Morgan fingerprint density at radius 3 is 3.06 bits per heavy atom. The van der Waals surface area contributed by atoms with Crippen molar-refractivity contribution in [2.24, 2.45) is 5.92 Å². The summed E-state index contributed by atoms with van der Waals surface area (Å²) in [5.74, 6) is 0.651. The first-order valence-corrected chi connectivity index (χ1v) is 6.42. The van der Waals surface area contributed by atoms with Crippen LogP contribution in [-0.4, -0.2) is 12.6 Å². The Morgan fingerprint density at radius 1 is 1.47 bits per heavy atom. The van der Waals surface area contributed by atoms with Gasteiger partial charge in [-0.25, -0.2) is 0 Å². The van der Waals surface area contributed by atoms with Crippen LogP contribution in [0.3, 0.4) is 0 Å². The molecule has 1 aliphatic carbocycles. The Bertz CT molecular complexity index is 500. The van der Waals surface area contributed by atoms with Crippen molar-refractivity contribution < 1.29 is 0 Å². The molecule has 1 aliphatic heterocycles. The standard InChI is InChI=1S/C15H18N2/c1-10-14-8-12-4-3-11(9-16)7-13(12)15(10,2)5-6-17-14/h3-4,7,10,14,17H,5-6,8H2,1-2H3/t10?,14-,15-/m1/s1. The first-order chi connectivity index (χ1) is 8.15. The van der Waals surface area contributed by atoms with E-state index in [2.05, 4.69) is 37.4 Å². The molecule has 1 saturated heterocycles. The van der Waals surface area contributed by atoms with Crippen molar-refractivity contribution in [1.82, 2.24) is 5.32 Å². The molecule has 0 aromatic heterocycles. The summed E-state index contributed by atoms with van der Waals surface area (Å²) in [6.07, 6.45) is 2.28. The predicted octanol–water partition coefficient (Wildman–Crippen LogP) is 2.37. The van der Waals surface area contributed by atoms with Crippen molar-refractivity contribution >= 4 is 0 Å². The topological polar surface area (TPSA) is 35.8 Å². The second kappa shape index (κ2) is 3.58. The largest absolute Gasteiger partial charge is 0.313 e. The van der Waals surface area contributed by atoms with Crippen LogP contribution in [-0.2, 0) is 11.8 Å². The van der Waals surface area contributed by atoms with Crippen LogP contribution in [0, 0.1) is 17.2 Å². The molecule has 1 aromatic rings. The van der Waals surface area contributed by atoms with E-state index < -0.39 is 0 Å². The molecular formula is C15H18N2. The van der Waals surface area contributed by atoms with E-state index in [-0.39, 0.29) is 5.41 Å². The lowest BCUT2D eigenvalue weighted by atomic mass is 9.59. The highest BCUT2D eigenvalue weighted by molar-refractivity contribution is 5.45. The van der Waals surface area contributed by atoms with E-state index in [1.807, 2.05) is 6.07 Å². The number of piperidine rings is 1. The van der Waals surface area contributed by atoms with Crippen molar-refractivity contribution in [2.45, 2.75) is 38.1 Å². The molecule has 2 bridgehead atoms. The van der Waals surface area contributed by atoms with Crippen LogP contribution >= 0.6 is 0 Å². The SMILES string of the molecule is CC1[C@H]2Cc3ccc(C#N)cc3[C@]1(C)CCN2. The van der Waals surface area contributed by atoms with Crippen molar-refractivity contribution in [3.8, 4) is 6.07 Å². The average molecular weight is 226 g/mol. The molecular weight excluding hydrogens is 208 g/mol. The minimum absolute atomic E-state index is 0.246. The van der Waals surface area contributed by atoms with Crippen molar-refractivity contribution in [2.75, 3.05) is 6.54 Å². The van der Waals surface area contributed by atoms with Gasteiger partial charge in [-0.3, -0.25) is 0 Å². The van der Waals surface area contributed by atoms with E-state index in [1.165, 1.54) is 17.5 Å². The van der Waals surface area contributed by atoms with E-state index in [9.17, 15) is 0 Å². The molecule has 0 radical (unpaired) electrons. The lowest BCUT2D eigenvalue weighted by Crippen LogP contribution is -2.56. The van der Waals surface area contributed by atoms with E-state index in [4.69, 9.17) is 5.26 Å². The third-order valence-corrected chi connectivity index (χ3v) is 4.95. The summed E-state index contributed by atoms with van der Waals surface area (Å²) in [5.41, 5.74) is 3.90. The minimum Gasteiger partial charge on any atom is -0.313 e. The molecule has 1 aromatic carbocycles. The van der Waals surface area contributed by atoms with Gasteiger partial charge < -0.3 is 5.32 Å². The highest BCUT2D eigenvalue weighted by atomic mass is 14.9. The molecule has 1 N–H and O–H groups in total. The van der Waals surface area contributed by atoms with Crippen LogP contribution in [0.5, 0.6) is 0 Å². The van der Waals surface area contributed by atoms with Crippen LogP contribution in [0.1, 0.15) is 37.0 Å². The summed E-state index contributed by atoms with van der Waals surface area (Å²) in [6.45, 7) is 5.81. The fourth-order valence-electron chi connectivity index (χ4n) is 3.59. The van der Waals surface area contributed by atoms with Crippen LogP contribution in [0.2, 0.25) is 0 Å². The smallest absolute Gasteiger partial charge is 0.0991 e. The number of fused-ring (bicyclic) bond motifs is 4. The fourth-order valence-corrected chi connectivity index (χ4v) is 3.59. The van der Waals surface area contributed by atoms with Crippen LogP contribution in [0.15, 0.2) is 18.2 Å². The molecule has 0 amide bonds. The predicted molar refractivity (Wildman–Crippen MR) is 67.8 cm³/mol. The third-order valence-electron chi connectivity index (χ3n) is 4.95. The summed E-state index contributed by atoms with van der Waals surface area (Å²) in [6, 6.07) is 9.09. The van der Waals surface area contributed by atoms with E-state index in [0.29, 0.717) is 12.0 Å². The third kappa shape index (κ3) is 1.42. The number of benzene rings is 1. The second-order valence-corrected chi connectivity index (χ2v) is 5.70. The lowest BCUT2D eigenvalue weighted by molar-refractivity contribution is 0.158. The zero-order chi connectivity index (χ0) is 12.0. The number of rotatable bonds is 0. The van der Waals surface area contributed by atoms with Gasteiger partial charge in [-0.2, -0.15) is 5.26 Å². The average Bonchev–Trinajstić information content (AvgIpc) is 2.33. The summed E-state index contributed by atoms with van der Waals surface area (Å²) in [5, 5.41) is 12.7. The summed E-state index contributed by atoms with van der Waals surface area (Å²) < 4.78 is 0. The van der Waals surface area contributed by atoms with Gasteiger partial charge in [0.25, 0.3) is 0 Å². The van der Waals surface area contributed by atoms with E-state index in [0.717, 1.165) is 18.5 Å². The molecule has 3 rings (SSSR count). The maximum Gasteiger partial charge on any atom is 0.0991 e. The number of hydrogen-bond donors (Lipinski definition) is 1. The van der Waals surface area contributed by atoms with E-state index >= 15 is 0 Å². The maximum atomic E-state index is 9.05. The highest BCUT2D eigenvalue weighted by Crippen LogP contribution is 2.45. The van der Waals surface area contributed by atoms with Crippen LogP contribution in [0.4, 0.5) is 0 Å².